The number of halogens is 2. The molecule has 1 N–H and O–H groups in total. The molecule has 0 saturated heterocycles. The van der Waals surface area contributed by atoms with E-state index >= 15 is 0 Å². The highest BCUT2D eigenvalue weighted by Crippen LogP contribution is 2.33. The van der Waals surface area contributed by atoms with Crippen molar-refractivity contribution in [1.29, 1.82) is 0 Å². The number of anilines is 1. The van der Waals surface area contributed by atoms with Crippen molar-refractivity contribution in [1.82, 2.24) is 10.2 Å². The Balaban J connectivity index is 2.02. The summed E-state index contributed by atoms with van der Waals surface area (Å²) in [6.07, 6.45) is 0.481. The van der Waals surface area contributed by atoms with Crippen LogP contribution in [0, 0.1) is 6.92 Å². The summed E-state index contributed by atoms with van der Waals surface area (Å²) in [6, 6.07) is 19.3. The van der Waals surface area contributed by atoms with Gasteiger partial charge in [-0.05, 0) is 70.0 Å². The minimum absolute atomic E-state index is 0.00150. The number of aryl methyl sites for hydroxylation is 1. The Morgan fingerprint density at radius 3 is 2.18 bits per heavy atom. The van der Waals surface area contributed by atoms with E-state index in [0.29, 0.717) is 6.42 Å². The van der Waals surface area contributed by atoms with E-state index in [1.807, 2.05) is 51.1 Å². The third-order valence-corrected chi connectivity index (χ3v) is 8.48. The van der Waals surface area contributed by atoms with Gasteiger partial charge in [0.1, 0.15) is 12.6 Å². The van der Waals surface area contributed by atoms with Gasteiger partial charge < -0.3 is 10.2 Å². The van der Waals surface area contributed by atoms with Crippen LogP contribution < -0.4 is 9.62 Å². The van der Waals surface area contributed by atoms with E-state index in [1.165, 1.54) is 35.2 Å². The average Bonchev–Trinajstić information content (AvgIpc) is 2.89. The van der Waals surface area contributed by atoms with E-state index in [2.05, 4.69) is 5.32 Å². The lowest BCUT2D eigenvalue weighted by molar-refractivity contribution is -0.139. The Morgan fingerprint density at radius 2 is 1.56 bits per heavy atom. The molecular weight excluding hydrogens is 557 g/mol. The van der Waals surface area contributed by atoms with Gasteiger partial charge >= 0.3 is 0 Å². The predicted molar refractivity (Wildman–Crippen MR) is 157 cm³/mol. The standard InChI is InChI=1S/C29H33Cl2N3O4S/c1-20(2)32-29(36)22(4)33(17-16-23-8-6-5-7-9-23)28(35)19-34(27-18-24(30)12-15-26(27)31)39(37,38)25-13-10-21(3)11-14-25/h5-15,18,20,22H,16-17,19H2,1-4H3,(H,32,36)/t22-/m0/s1. The molecule has 0 aliphatic carbocycles. The second-order valence-electron chi connectivity index (χ2n) is 9.58. The quantitative estimate of drug-likeness (QED) is 0.321. The van der Waals surface area contributed by atoms with Crippen LogP contribution in [0.15, 0.2) is 77.7 Å². The topological polar surface area (TPSA) is 86.8 Å². The lowest BCUT2D eigenvalue weighted by Crippen LogP contribution is -2.53. The molecule has 7 nitrogen and oxygen atoms in total. The highest BCUT2D eigenvalue weighted by Gasteiger charge is 2.33. The Labute approximate surface area is 240 Å². The average molecular weight is 591 g/mol. The first-order valence-corrected chi connectivity index (χ1v) is 14.8. The minimum Gasteiger partial charge on any atom is -0.352 e. The number of sulfonamides is 1. The number of hydrogen-bond donors (Lipinski definition) is 1. The molecule has 39 heavy (non-hydrogen) atoms. The van der Waals surface area contributed by atoms with E-state index in [4.69, 9.17) is 23.2 Å². The van der Waals surface area contributed by atoms with Crippen molar-refractivity contribution in [2.45, 2.75) is 51.1 Å². The van der Waals surface area contributed by atoms with Crippen molar-refractivity contribution in [3.8, 4) is 0 Å². The molecule has 0 aromatic heterocycles. The SMILES string of the molecule is Cc1ccc(S(=O)(=O)N(CC(=O)N(CCc2ccccc2)[C@@H](C)C(=O)NC(C)C)c2cc(Cl)ccc2Cl)cc1. The number of hydrogen-bond acceptors (Lipinski definition) is 4. The minimum atomic E-state index is -4.23. The number of nitrogens with zero attached hydrogens (tertiary/aromatic N) is 2. The molecule has 10 heteroatoms. The van der Waals surface area contributed by atoms with Crippen molar-refractivity contribution >= 4 is 50.7 Å². The molecule has 0 heterocycles. The fourth-order valence-corrected chi connectivity index (χ4v) is 5.86. The fourth-order valence-electron chi connectivity index (χ4n) is 4.00. The van der Waals surface area contributed by atoms with Crippen LogP contribution in [0.5, 0.6) is 0 Å². The van der Waals surface area contributed by atoms with Crippen LogP contribution in [0.2, 0.25) is 10.0 Å². The predicted octanol–water partition coefficient (Wildman–Crippen LogP) is 5.48. The van der Waals surface area contributed by atoms with Gasteiger partial charge in [-0.3, -0.25) is 13.9 Å². The van der Waals surface area contributed by atoms with E-state index in [-0.39, 0.29) is 39.1 Å². The van der Waals surface area contributed by atoms with Gasteiger partial charge in [-0.25, -0.2) is 8.42 Å². The summed E-state index contributed by atoms with van der Waals surface area (Å²) in [5.41, 5.74) is 1.93. The normalized spacial score (nSPS) is 12.2. The summed E-state index contributed by atoms with van der Waals surface area (Å²) in [5.74, 6) is -0.885. The van der Waals surface area contributed by atoms with Gasteiger partial charge in [-0.15, -0.1) is 0 Å². The van der Waals surface area contributed by atoms with Crippen LogP contribution in [0.3, 0.4) is 0 Å². The molecule has 3 aromatic carbocycles. The zero-order chi connectivity index (χ0) is 28.7. The van der Waals surface area contributed by atoms with Gasteiger partial charge in [0.05, 0.1) is 15.6 Å². The third kappa shape index (κ3) is 7.97. The number of benzene rings is 3. The van der Waals surface area contributed by atoms with Gasteiger partial charge in [-0.2, -0.15) is 0 Å². The number of amides is 2. The number of carbonyl (C=O) groups is 2. The van der Waals surface area contributed by atoms with Crippen LogP contribution >= 0.6 is 23.2 Å². The second-order valence-corrected chi connectivity index (χ2v) is 12.3. The van der Waals surface area contributed by atoms with Crippen LogP contribution in [-0.2, 0) is 26.0 Å². The molecule has 2 amide bonds. The maximum Gasteiger partial charge on any atom is 0.264 e. The molecule has 0 aliphatic heterocycles. The summed E-state index contributed by atoms with van der Waals surface area (Å²) in [4.78, 5) is 28.2. The van der Waals surface area contributed by atoms with Gasteiger partial charge in [0.15, 0.2) is 0 Å². The van der Waals surface area contributed by atoms with Gasteiger partial charge in [0.25, 0.3) is 10.0 Å². The van der Waals surface area contributed by atoms with Crippen LogP contribution in [0.4, 0.5) is 5.69 Å². The molecule has 0 bridgehead atoms. The largest absolute Gasteiger partial charge is 0.352 e. The number of nitrogens with one attached hydrogen (secondary N) is 1. The molecule has 0 spiro atoms. The van der Waals surface area contributed by atoms with Crippen LogP contribution in [0.1, 0.15) is 31.9 Å². The second kappa shape index (κ2) is 13.3. The highest BCUT2D eigenvalue weighted by molar-refractivity contribution is 7.92. The van der Waals surface area contributed by atoms with Crippen molar-refractivity contribution < 1.29 is 18.0 Å². The molecule has 3 rings (SSSR count). The van der Waals surface area contributed by atoms with Crippen molar-refractivity contribution in [2.75, 3.05) is 17.4 Å². The van der Waals surface area contributed by atoms with Gasteiger partial charge in [0, 0.05) is 17.6 Å². The summed E-state index contributed by atoms with van der Waals surface area (Å²) >= 11 is 12.6. The molecule has 0 saturated carbocycles. The molecule has 0 aliphatic rings. The van der Waals surface area contributed by atoms with Crippen molar-refractivity contribution in [2.24, 2.45) is 0 Å². The fraction of sp³-hybridized carbons (Fsp3) is 0.310. The molecular formula is C29H33Cl2N3O4S. The molecule has 3 aromatic rings. The Morgan fingerprint density at radius 1 is 0.923 bits per heavy atom. The lowest BCUT2D eigenvalue weighted by Gasteiger charge is -2.32. The Hall–Kier alpha value is -3.07. The summed E-state index contributed by atoms with van der Waals surface area (Å²) < 4.78 is 28.7. The zero-order valence-corrected chi connectivity index (χ0v) is 24.7. The van der Waals surface area contributed by atoms with Crippen LogP contribution in [-0.4, -0.2) is 50.3 Å². The monoisotopic (exact) mass is 589 g/mol. The first-order chi connectivity index (χ1) is 18.4. The Bertz CT molecular complexity index is 1400. The van der Waals surface area contributed by atoms with Gasteiger partial charge in [-0.1, -0.05) is 71.2 Å². The molecule has 0 unspecified atom stereocenters. The first-order valence-electron chi connectivity index (χ1n) is 12.6. The van der Waals surface area contributed by atoms with E-state index in [1.54, 1.807) is 19.1 Å². The van der Waals surface area contributed by atoms with Crippen molar-refractivity contribution in [3.63, 3.8) is 0 Å². The van der Waals surface area contributed by atoms with E-state index in [0.717, 1.165) is 15.4 Å². The smallest absolute Gasteiger partial charge is 0.264 e. The lowest BCUT2D eigenvalue weighted by atomic mass is 10.1. The molecule has 0 fully saturated rings. The first kappa shape index (κ1) is 30.5. The van der Waals surface area contributed by atoms with E-state index < -0.39 is 28.5 Å². The summed E-state index contributed by atoms with van der Waals surface area (Å²) in [7, 11) is -4.23. The summed E-state index contributed by atoms with van der Waals surface area (Å²) in [6.45, 7) is 6.77. The molecule has 208 valence electrons. The maximum atomic E-state index is 13.9. The third-order valence-electron chi connectivity index (χ3n) is 6.15. The maximum absolute atomic E-state index is 13.9. The molecule has 1 atom stereocenters. The molecule has 0 radical (unpaired) electrons. The Kier molecular flexibility index (Phi) is 10.4. The van der Waals surface area contributed by atoms with Crippen LogP contribution in [0.25, 0.3) is 0 Å². The zero-order valence-electron chi connectivity index (χ0n) is 22.4. The number of rotatable bonds is 11. The number of carbonyl (C=O) groups excluding carboxylic acids is 2. The van der Waals surface area contributed by atoms with E-state index in [9.17, 15) is 18.0 Å². The van der Waals surface area contributed by atoms with Gasteiger partial charge in [0.2, 0.25) is 11.8 Å². The highest BCUT2D eigenvalue weighted by atomic mass is 35.5. The summed E-state index contributed by atoms with van der Waals surface area (Å²) in [5, 5.41) is 3.21. The van der Waals surface area contributed by atoms with Crippen molar-refractivity contribution in [3.05, 3.63) is 94.0 Å².